The van der Waals surface area contributed by atoms with Gasteiger partial charge in [-0.15, -0.1) is 0 Å². The summed E-state index contributed by atoms with van der Waals surface area (Å²) in [6.07, 6.45) is 1.41. The van der Waals surface area contributed by atoms with Gasteiger partial charge in [0.15, 0.2) is 0 Å². The SMILES string of the molecule is COc1ccccc1Cc1cccc(Br)c1OCCOCCOCCOc1c(Br)cccc1Cc1ccccc1OC. The van der Waals surface area contributed by atoms with E-state index in [9.17, 15) is 0 Å². The standard InChI is InChI=1S/C34H36Br2O6/c1-37-31-15-5-3-9-25(31)23-27-11-7-13-29(35)33(27)41-21-19-39-17-18-40-20-22-42-34-28(12-8-14-30(34)36)24-26-10-4-6-16-32(26)38-2/h3-16H,17-24H2,1-2H3. The van der Waals surface area contributed by atoms with Crippen molar-refractivity contribution in [2.75, 3.05) is 53.9 Å². The second-order valence-corrected chi connectivity index (χ2v) is 11.1. The van der Waals surface area contributed by atoms with E-state index in [1.165, 1.54) is 0 Å². The van der Waals surface area contributed by atoms with Crippen molar-refractivity contribution in [3.8, 4) is 23.0 Å². The Labute approximate surface area is 265 Å². The van der Waals surface area contributed by atoms with Gasteiger partial charge in [0.1, 0.15) is 36.2 Å². The first-order chi connectivity index (χ1) is 20.6. The van der Waals surface area contributed by atoms with Crippen LogP contribution < -0.4 is 18.9 Å². The van der Waals surface area contributed by atoms with Gasteiger partial charge in [0, 0.05) is 12.8 Å². The minimum absolute atomic E-state index is 0.432. The van der Waals surface area contributed by atoms with Crippen LogP contribution in [0, 0.1) is 0 Å². The molecule has 8 heteroatoms. The predicted octanol–water partition coefficient (Wildman–Crippen LogP) is 7.90. The number of para-hydroxylation sites is 4. The number of hydrogen-bond acceptors (Lipinski definition) is 6. The number of halogens is 2. The fourth-order valence-corrected chi connectivity index (χ4v) is 5.59. The Hall–Kier alpha value is -3.04. The highest BCUT2D eigenvalue weighted by molar-refractivity contribution is 9.10. The van der Waals surface area contributed by atoms with E-state index < -0.39 is 0 Å². The Balaban J connectivity index is 1.16. The van der Waals surface area contributed by atoms with E-state index in [1.54, 1.807) is 14.2 Å². The van der Waals surface area contributed by atoms with Crippen molar-refractivity contribution in [2.24, 2.45) is 0 Å². The molecule has 6 nitrogen and oxygen atoms in total. The third kappa shape index (κ3) is 9.23. The van der Waals surface area contributed by atoms with Gasteiger partial charge in [0.05, 0.1) is 49.6 Å². The minimum atomic E-state index is 0.432. The Kier molecular flexibility index (Phi) is 13.0. The fraction of sp³-hybridized carbons (Fsp3) is 0.294. The lowest BCUT2D eigenvalue weighted by molar-refractivity contribution is 0.0271. The second-order valence-electron chi connectivity index (χ2n) is 9.36. The molecule has 0 N–H and O–H groups in total. The molecule has 0 aliphatic carbocycles. The summed E-state index contributed by atoms with van der Waals surface area (Å²) >= 11 is 7.25. The molecule has 42 heavy (non-hydrogen) atoms. The molecule has 4 aromatic rings. The Bertz CT molecular complexity index is 1300. The van der Waals surface area contributed by atoms with Crippen LogP contribution >= 0.6 is 31.9 Å². The van der Waals surface area contributed by atoms with E-state index in [0.717, 1.165) is 54.2 Å². The summed E-state index contributed by atoms with van der Waals surface area (Å²) in [4.78, 5) is 0. The lowest BCUT2D eigenvalue weighted by Gasteiger charge is -2.15. The molecule has 0 bridgehead atoms. The van der Waals surface area contributed by atoms with E-state index in [-0.39, 0.29) is 0 Å². The van der Waals surface area contributed by atoms with Gasteiger partial charge >= 0.3 is 0 Å². The molecule has 0 radical (unpaired) electrons. The van der Waals surface area contributed by atoms with Crippen LogP contribution in [0.2, 0.25) is 0 Å². The molecule has 0 aliphatic rings. The van der Waals surface area contributed by atoms with E-state index >= 15 is 0 Å². The van der Waals surface area contributed by atoms with Crippen molar-refractivity contribution < 1.29 is 28.4 Å². The first-order valence-corrected chi connectivity index (χ1v) is 15.4. The first-order valence-electron chi connectivity index (χ1n) is 13.8. The zero-order chi connectivity index (χ0) is 29.6. The molecule has 0 saturated carbocycles. The van der Waals surface area contributed by atoms with E-state index in [4.69, 9.17) is 28.4 Å². The van der Waals surface area contributed by atoms with Crippen LogP contribution in [0.5, 0.6) is 23.0 Å². The topological polar surface area (TPSA) is 55.4 Å². The number of benzene rings is 4. The summed E-state index contributed by atoms with van der Waals surface area (Å²) in [5, 5.41) is 0. The van der Waals surface area contributed by atoms with Crippen LogP contribution in [0.15, 0.2) is 93.9 Å². The third-order valence-electron chi connectivity index (χ3n) is 6.56. The minimum Gasteiger partial charge on any atom is -0.496 e. The Morgan fingerprint density at radius 2 is 0.833 bits per heavy atom. The first kappa shape index (κ1) is 31.9. The average molecular weight is 700 g/mol. The zero-order valence-corrected chi connectivity index (χ0v) is 27.1. The number of hydrogen-bond donors (Lipinski definition) is 0. The summed E-state index contributed by atoms with van der Waals surface area (Å²) in [7, 11) is 3.38. The largest absolute Gasteiger partial charge is 0.496 e. The summed E-state index contributed by atoms with van der Waals surface area (Å²) in [5.41, 5.74) is 4.36. The highest BCUT2D eigenvalue weighted by atomic mass is 79.9. The Morgan fingerprint density at radius 3 is 1.26 bits per heavy atom. The maximum Gasteiger partial charge on any atom is 0.137 e. The van der Waals surface area contributed by atoms with Gasteiger partial charge in [-0.3, -0.25) is 0 Å². The fourth-order valence-electron chi connectivity index (χ4n) is 4.54. The van der Waals surface area contributed by atoms with Crippen molar-refractivity contribution in [1.82, 2.24) is 0 Å². The second kappa shape index (κ2) is 17.2. The number of rotatable bonds is 17. The zero-order valence-electron chi connectivity index (χ0n) is 23.9. The van der Waals surface area contributed by atoms with Crippen molar-refractivity contribution in [3.05, 3.63) is 116 Å². The van der Waals surface area contributed by atoms with Gasteiger partial charge in [-0.25, -0.2) is 0 Å². The van der Waals surface area contributed by atoms with Crippen molar-refractivity contribution in [2.45, 2.75) is 12.8 Å². The molecule has 0 atom stereocenters. The predicted molar refractivity (Wildman–Crippen MR) is 173 cm³/mol. The molecule has 0 heterocycles. The molecule has 0 amide bonds. The molecule has 0 aliphatic heterocycles. The summed E-state index contributed by atoms with van der Waals surface area (Å²) in [6.45, 7) is 2.73. The summed E-state index contributed by atoms with van der Waals surface area (Å²) in [5.74, 6) is 3.36. The maximum atomic E-state index is 6.10. The van der Waals surface area contributed by atoms with Crippen molar-refractivity contribution in [3.63, 3.8) is 0 Å². The van der Waals surface area contributed by atoms with E-state index in [0.29, 0.717) is 52.5 Å². The highest BCUT2D eigenvalue weighted by Crippen LogP contribution is 2.34. The van der Waals surface area contributed by atoms with Gasteiger partial charge in [0.2, 0.25) is 0 Å². The van der Waals surface area contributed by atoms with Gasteiger partial charge in [-0.2, -0.15) is 0 Å². The molecule has 0 unspecified atom stereocenters. The molecule has 0 aromatic heterocycles. The van der Waals surface area contributed by atoms with Gasteiger partial charge in [0.25, 0.3) is 0 Å². The van der Waals surface area contributed by atoms with Crippen LogP contribution in [-0.4, -0.2) is 53.9 Å². The maximum absolute atomic E-state index is 6.10. The van der Waals surface area contributed by atoms with Gasteiger partial charge < -0.3 is 28.4 Å². The number of ether oxygens (including phenoxy) is 6. The third-order valence-corrected chi connectivity index (χ3v) is 7.81. The van der Waals surface area contributed by atoms with E-state index in [1.807, 2.05) is 60.7 Å². The van der Waals surface area contributed by atoms with Crippen LogP contribution in [0.25, 0.3) is 0 Å². The van der Waals surface area contributed by atoms with Crippen LogP contribution in [-0.2, 0) is 22.3 Å². The molecule has 4 aromatic carbocycles. The summed E-state index contributed by atoms with van der Waals surface area (Å²) < 4.78 is 36.5. The van der Waals surface area contributed by atoms with Crippen LogP contribution in [0.4, 0.5) is 0 Å². The van der Waals surface area contributed by atoms with Gasteiger partial charge in [-0.05, 0) is 78.4 Å². The Morgan fingerprint density at radius 1 is 0.452 bits per heavy atom. The average Bonchev–Trinajstić information content (AvgIpc) is 3.01. The van der Waals surface area contributed by atoms with Crippen molar-refractivity contribution in [1.29, 1.82) is 0 Å². The van der Waals surface area contributed by atoms with Crippen LogP contribution in [0.3, 0.4) is 0 Å². The lowest BCUT2D eigenvalue weighted by Crippen LogP contribution is -2.14. The molecule has 222 valence electrons. The van der Waals surface area contributed by atoms with Crippen LogP contribution in [0.1, 0.15) is 22.3 Å². The molecule has 0 fully saturated rings. The quantitative estimate of drug-likeness (QED) is 0.105. The van der Waals surface area contributed by atoms with E-state index in [2.05, 4.69) is 56.1 Å². The van der Waals surface area contributed by atoms with Crippen molar-refractivity contribution >= 4 is 31.9 Å². The molecular formula is C34H36Br2O6. The number of methoxy groups -OCH3 is 2. The normalized spacial score (nSPS) is 10.9. The molecular weight excluding hydrogens is 664 g/mol. The summed E-state index contributed by atoms with van der Waals surface area (Å²) in [6, 6.07) is 28.2. The highest BCUT2D eigenvalue weighted by Gasteiger charge is 2.13. The monoisotopic (exact) mass is 698 g/mol. The molecule has 0 saturated heterocycles. The smallest absolute Gasteiger partial charge is 0.137 e. The molecule has 4 rings (SSSR count). The van der Waals surface area contributed by atoms with Gasteiger partial charge in [-0.1, -0.05) is 60.7 Å². The lowest BCUT2D eigenvalue weighted by atomic mass is 10.0. The molecule has 0 spiro atoms.